The monoisotopic (exact) mass is 952 g/mol. The molecule has 360 valence electrons. The zero-order valence-corrected chi connectivity index (χ0v) is 38.6. The summed E-state index contributed by atoms with van der Waals surface area (Å²) in [5, 5.41) is 30.6. The van der Waals surface area contributed by atoms with Gasteiger partial charge in [-0.1, -0.05) is 13.8 Å². The number of hydrogen-bond acceptors (Lipinski definition) is 14. The van der Waals surface area contributed by atoms with E-state index < -0.39 is 0 Å². The Morgan fingerprint density at radius 2 is 0.971 bits per heavy atom. The van der Waals surface area contributed by atoms with Crippen molar-refractivity contribution in [2.45, 2.75) is 39.5 Å². The molecule has 0 spiro atoms. The van der Waals surface area contributed by atoms with E-state index in [2.05, 4.69) is 61.1 Å². The van der Waals surface area contributed by atoms with Crippen LogP contribution in [0.15, 0.2) is 109 Å². The second-order valence-electron chi connectivity index (χ2n) is 15.2. The first kappa shape index (κ1) is 49.3. The van der Waals surface area contributed by atoms with E-state index >= 15 is 0 Å². The average molecular weight is 953 g/mol. The smallest absolute Gasteiger partial charge is 0.227 e. The van der Waals surface area contributed by atoms with Gasteiger partial charge in [0.2, 0.25) is 23.7 Å². The summed E-state index contributed by atoms with van der Waals surface area (Å²) in [7, 11) is 3.09. The van der Waals surface area contributed by atoms with E-state index in [0.717, 1.165) is 0 Å². The van der Waals surface area contributed by atoms with Crippen LogP contribution in [0.5, 0.6) is 11.5 Å². The molecule has 20 heteroatoms. The lowest BCUT2D eigenvalue weighted by molar-refractivity contribution is -0.116. The van der Waals surface area contributed by atoms with Gasteiger partial charge >= 0.3 is 0 Å². The van der Waals surface area contributed by atoms with Crippen LogP contribution in [-0.4, -0.2) is 89.3 Å². The summed E-state index contributed by atoms with van der Waals surface area (Å²) < 4.78 is 37.8. The number of rotatable bonds is 18. The van der Waals surface area contributed by atoms with Crippen molar-refractivity contribution >= 4 is 46.5 Å². The normalized spacial score (nSPS) is 10.7. The quantitative estimate of drug-likeness (QED) is 0.0401. The Labute approximate surface area is 401 Å². The predicted octanol–water partition coefficient (Wildman–Crippen LogP) is 8.62. The van der Waals surface area contributed by atoms with Crippen LogP contribution in [0.25, 0.3) is 45.3 Å². The number of methoxy groups -OCH3 is 2. The van der Waals surface area contributed by atoms with E-state index in [9.17, 15) is 28.6 Å². The molecule has 0 saturated heterocycles. The minimum absolute atomic E-state index is 0.0723. The molecule has 0 unspecified atom stereocenters. The SMILES string of the molecule is CCC(=O)Nc1ccc(OC)c(Nc2nccc(-c3[nH]c(CCO)nc3-c3ccc(F)cc3)n2)c1.CCC(=O)Nc1ccc(OC)c(Nc2nccc(-c3[nH]c(CCO)nc3-c3ccc(F)cc3)n2)c1. The molecule has 18 nitrogen and oxygen atoms in total. The predicted molar refractivity (Wildman–Crippen MR) is 262 cm³/mol. The lowest BCUT2D eigenvalue weighted by Gasteiger charge is -2.13. The number of amides is 2. The third kappa shape index (κ3) is 12.5. The van der Waals surface area contributed by atoms with Crippen molar-refractivity contribution in [3.8, 4) is 56.8 Å². The lowest BCUT2D eigenvalue weighted by atomic mass is 10.1. The zero-order chi connectivity index (χ0) is 49.6. The maximum Gasteiger partial charge on any atom is 0.227 e. The number of aromatic nitrogens is 8. The molecule has 0 aliphatic rings. The summed E-state index contributed by atoms with van der Waals surface area (Å²) in [6.07, 6.45) is 4.58. The molecule has 0 bridgehead atoms. The Morgan fingerprint density at radius 3 is 1.33 bits per heavy atom. The molecule has 8 aromatic rings. The van der Waals surface area contributed by atoms with Crippen LogP contribution in [0.1, 0.15) is 38.3 Å². The highest BCUT2D eigenvalue weighted by atomic mass is 19.1. The Hall–Kier alpha value is -8.62. The topological polar surface area (TPSA) is 250 Å². The van der Waals surface area contributed by atoms with Gasteiger partial charge < -0.3 is 50.9 Å². The van der Waals surface area contributed by atoms with Crippen molar-refractivity contribution < 1.29 is 38.1 Å². The second-order valence-corrected chi connectivity index (χ2v) is 15.2. The molecule has 8 rings (SSSR count). The van der Waals surface area contributed by atoms with Crippen LogP contribution in [0, 0.1) is 11.6 Å². The van der Waals surface area contributed by atoms with E-state index in [1.807, 2.05) is 0 Å². The summed E-state index contributed by atoms with van der Waals surface area (Å²) in [6, 6.07) is 25.9. The van der Waals surface area contributed by atoms with Crippen molar-refractivity contribution in [2.75, 3.05) is 48.7 Å². The largest absolute Gasteiger partial charge is 0.495 e. The van der Waals surface area contributed by atoms with Crippen molar-refractivity contribution in [1.29, 1.82) is 0 Å². The molecule has 0 atom stereocenters. The fourth-order valence-corrected chi connectivity index (χ4v) is 6.92. The number of halogens is 2. The number of carbonyl (C=O) groups is 2. The summed E-state index contributed by atoms with van der Waals surface area (Å²) in [4.78, 5) is 57.0. The van der Waals surface area contributed by atoms with Crippen molar-refractivity contribution in [3.63, 3.8) is 0 Å². The van der Waals surface area contributed by atoms with Gasteiger partial charge in [0, 0.05) is 60.6 Å². The molecule has 2 amide bonds. The van der Waals surface area contributed by atoms with Gasteiger partial charge in [-0.25, -0.2) is 38.7 Å². The molecule has 70 heavy (non-hydrogen) atoms. The lowest BCUT2D eigenvalue weighted by Crippen LogP contribution is -2.10. The molecule has 0 aliphatic carbocycles. The second kappa shape index (κ2) is 23.4. The van der Waals surface area contributed by atoms with Crippen LogP contribution < -0.4 is 30.7 Å². The molecular formula is C50H50F2N12O6. The first-order valence-electron chi connectivity index (χ1n) is 22.1. The summed E-state index contributed by atoms with van der Waals surface area (Å²) in [5.74, 6) is 1.94. The number of hydrogen-bond donors (Lipinski definition) is 8. The van der Waals surface area contributed by atoms with Crippen LogP contribution >= 0.6 is 0 Å². The van der Waals surface area contributed by atoms with Crippen molar-refractivity contribution in [1.82, 2.24) is 39.9 Å². The Balaban J connectivity index is 0.000000206. The Kier molecular flexibility index (Phi) is 16.5. The van der Waals surface area contributed by atoms with E-state index in [1.165, 1.54) is 24.3 Å². The zero-order valence-electron chi connectivity index (χ0n) is 38.6. The molecule has 4 aromatic heterocycles. The number of ether oxygens (including phenoxy) is 2. The molecule has 0 fully saturated rings. The van der Waals surface area contributed by atoms with Gasteiger partial charge in [-0.05, 0) is 97.1 Å². The number of nitrogens with zero attached hydrogens (tertiary/aromatic N) is 6. The minimum Gasteiger partial charge on any atom is -0.495 e. The molecule has 0 radical (unpaired) electrons. The number of benzene rings is 4. The number of carbonyl (C=O) groups excluding carboxylic acids is 2. The van der Waals surface area contributed by atoms with Crippen molar-refractivity contribution in [3.05, 3.63) is 133 Å². The number of anilines is 6. The Morgan fingerprint density at radius 1 is 0.571 bits per heavy atom. The van der Waals surface area contributed by atoms with Crippen LogP contribution in [-0.2, 0) is 22.4 Å². The third-order valence-corrected chi connectivity index (χ3v) is 10.4. The Bertz CT molecular complexity index is 2850. The van der Waals surface area contributed by atoms with Gasteiger partial charge in [0.05, 0.1) is 73.0 Å². The molecule has 4 aromatic carbocycles. The number of aliphatic hydroxyl groups is 2. The maximum absolute atomic E-state index is 13.5. The van der Waals surface area contributed by atoms with Crippen LogP contribution in [0.3, 0.4) is 0 Å². The highest BCUT2D eigenvalue weighted by Gasteiger charge is 2.19. The molecular weight excluding hydrogens is 903 g/mol. The highest BCUT2D eigenvalue weighted by Crippen LogP contribution is 2.35. The van der Waals surface area contributed by atoms with Gasteiger partial charge in [-0.15, -0.1) is 0 Å². The number of nitrogens with one attached hydrogen (secondary N) is 6. The summed E-state index contributed by atoms with van der Waals surface area (Å²) >= 11 is 0. The number of H-pyrrole nitrogens is 2. The highest BCUT2D eigenvalue weighted by molar-refractivity contribution is 5.92. The van der Waals surface area contributed by atoms with Gasteiger partial charge in [0.1, 0.15) is 34.8 Å². The first-order chi connectivity index (χ1) is 34.0. The van der Waals surface area contributed by atoms with E-state index in [1.54, 1.807) is 113 Å². The number of aromatic amines is 2. The fraction of sp³-hybridized carbons (Fsp3) is 0.200. The third-order valence-electron chi connectivity index (χ3n) is 10.4. The van der Waals surface area contributed by atoms with Gasteiger partial charge in [0.25, 0.3) is 0 Å². The van der Waals surface area contributed by atoms with Gasteiger partial charge in [-0.3, -0.25) is 9.59 Å². The molecule has 0 aliphatic heterocycles. The fourth-order valence-electron chi connectivity index (χ4n) is 6.92. The van der Waals surface area contributed by atoms with Crippen LogP contribution in [0.2, 0.25) is 0 Å². The average Bonchev–Trinajstić information content (AvgIpc) is 4.00. The summed E-state index contributed by atoms with van der Waals surface area (Å²) in [5.41, 5.74) is 7.26. The minimum atomic E-state index is -0.346. The van der Waals surface area contributed by atoms with Crippen molar-refractivity contribution in [2.24, 2.45) is 0 Å². The maximum atomic E-state index is 13.5. The van der Waals surface area contributed by atoms with Gasteiger partial charge in [-0.2, -0.15) is 0 Å². The van der Waals surface area contributed by atoms with E-state index in [4.69, 9.17) is 9.47 Å². The van der Waals surface area contributed by atoms with Gasteiger partial charge in [0.15, 0.2) is 0 Å². The van der Waals surface area contributed by atoms with E-state index in [0.29, 0.717) is 129 Å². The number of aliphatic hydroxyl groups excluding tert-OH is 2. The summed E-state index contributed by atoms with van der Waals surface area (Å²) in [6.45, 7) is 3.41. The van der Waals surface area contributed by atoms with Crippen LogP contribution in [0.4, 0.5) is 43.4 Å². The number of imidazole rings is 2. The first-order valence-corrected chi connectivity index (χ1v) is 22.1. The van der Waals surface area contributed by atoms with E-state index in [-0.39, 0.29) is 36.7 Å². The molecule has 8 N–H and O–H groups in total. The standard InChI is InChI=1S/2C25H25FN6O3/c2*1-3-22(34)28-17-8-9-20(35-2)19(14-17)30-25-27-12-10-18(29-25)24-23(31-21(32-24)11-13-33)15-4-6-16(26)7-5-15/h2*4-10,12,14,33H,3,11,13H2,1-2H3,(H,28,34)(H,31,32)(H,27,29,30). The molecule has 4 heterocycles. The molecule has 0 saturated carbocycles.